The molecule has 0 fully saturated rings. The summed E-state index contributed by atoms with van der Waals surface area (Å²) in [6.45, 7) is 6.15. The van der Waals surface area contributed by atoms with Gasteiger partial charge in [-0.05, 0) is 32.9 Å². The van der Waals surface area contributed by atoms with E-state index in [0.717, 1.165) is 16.8 Å². The van der Waals surface area contributed by atoms with Gasteiger partial charge in [0.25, 0.3) is 0 Å². The number of imidazole rings is 1. The molecule has 1 amide bonds. The van der Waals surface area contributed by atoms with Crippen LogP contribution in [0.1, 0.15) is 19.5 Å². The molecule has 2 N–H and O–H groups in total. The molecule has 1 atom stereocenters. The number of rotatable bonds is 6. The Balaban J connectivity index is 1.68. The van der Waals surface area contributed by atoms with Crippen molar-refractivity contribution >= 4 is 34.6 Å². The highest BCUT2D eigenvalue weighted by Crippen LogP contribution is 2.26. The number of carbonyl (C=O) groups excluding carboxylic acids is 1. The first-order valence-electron chi connectivity index (χ1n) is 7.58. The van der Waals surface area contributed by atoms with Crippen molar-refractivity contribution in [2.75, 3.05) is 11.9 Å². The summed E-state index contributed by atoms with van der Waals surface area (Å²) in [4.78, 5) is 19.9. The number of nitrogens with zero attached hydrogens (tertiary/aromatic N) is 2. The number of aryl methyl sites for hydroxylation is 1. The first-order chi connectivity index (χ1) is 11.5. The number of anilines is 1. The lowest BCUT2D eigenvalue weighted by Crippen LogP contribution is -2.22. The maximum absolute atomic E-state index is 12.2. The molecule has 0 radical (unpaired) electrons. The number of ether oxygens (including phenoxy) is 1. The van der Waals surface area contributed by atoms with Crippen molar-refractivity contribution in [2.45, 2.75) is 31.2 Å². The third-order valence-corrected chi connectivity index (χ3v) is 4.26. The lowest BCUT2D eigenvalue weighted by atomic mass is 10.3. The van der Waals surface area contributed by atoms with Crippen molar-refractivity contribution < 1.29 is 14.1 Å². The quantitative estimate of drug-likeness (QED) is 0.665. The summed E-state index contributed by atoms with van der Waals surface area (Å²) >= 11 is 1.34. The summed E-state index contributed by atoms with van der Waals surface area (Å²) < 4.78 is 10.5. The van der Waals surface area contributed by atoms with Crippen LogP contribution in [0.4, 0.5) is 5.88 Å². The molecule has 0 aliphatic carbocycles. The fourth-order valence-corrected chi connectivity index (χ4v) is 2.96. The van der Waals surface area contributed by atoms with E-state index in [9.17, 15) is 4.79 Å². The molecular formula is C16H18N4O3S. The minimum absolute atomic E-state index is 0.174. The van der Waals surface area contributed by atoms with Gasteiger partial charge in [0.2, 0.25) is 11.8 Å². The van der Waals surface area contributed by atoms with Gasteiger partial charge in [-0.3, -0.25) is 10.1 Å². The Hall–Kier alpha value is -2.48. The van der Waals surface area contributed by atoms with Crippen LogP contribution in [0, 0.1) is 6.92 Å². The molecule has 0 aliphatic rings. The zero-order valence-electron chi connectivity index (χ0n) is 13.6. The van der Waals surface area contributed by atoms with Gasteiger partial charge in [-0.15, -0.1) is 0 Å². The predicted octanol–water partition coefficient (Wildman–Crippen LogP) is 3.38. The molecule has 0 saturated carbocycles. The minimum Gasteiger partial charge on any atom is -0.494 e. The molecule has 0 saturated heterocycles. The molecule has 126 valence electrons. The Morgan fingerprint density at radius 1 is 1.46 bits per heavy atom. The normalized spacial score (nSPS) is 12.3. The topological polar surface area (TPSA) is 93.0 Å². The Bertz CT molecular complexity index is 858. The molecule has 1 aromatic carbocycles. The molecule has 7 nitrogen and oxygen atoms in total. The van der Waals surface area contributed by atoms with E-state index in [4.69, 9.17) is 9.26 Å². The summed E-state index contributed by atoms with van der Waals surface area (Å²) in [6.07, 6.45) is 0. The minimum atomic E-state index is -0.345. The van der Waals surface area contributed by atoms with Gasteiger partial charge in [-0.2, -0.15) is 0 Å². The van der Waals surface area contributed by atoms with E-state index < -0.39 is 0 Å². The number of carbonyl (C=O) groups is 1. The van der Waals surface area contributed by atoms with Gasteiger partial charge in [-0.25, -0.2) is 4.98 Å². The molecule has 8 heteroatoms. The number of aromatic nitrogens is 3. The Morgan fingerprint density at radius 3 is 3.00 bits per heavy atom. The van der Waals surface area contributed by atoms with Crippen molar-refractivity contribution in [2.24, 2.45) is 0 Å². The Labute approximate surface area is 143 Å². The number of aromatic amines is 1. The van der Waals surface area contributed by atoms with Crippen LogP contribution in [0.3, 0.4) is 0 Å². The second-order valence-electron chi connectivity index (χ2n) is 5.24. The van der Waals surface area contributed by atoms with E-state index in [-0.39, 0.29) is 11.2 Å². The average Bonchev–Trinajstić information content (AvgIpc) is 3.12. The second-order valence-corrected chi connectivity index (χ2v) is 6.57. The summed E-state index contributed by atoms with van der Waals surface area (Å²) in [5.41, 5.74) is 2.43. The first kappa shape index (κ1) is 16.4. The maximum Gasteiger partial charge on any atom is 0.240 e. The molecule has 0 bridgehead atoms. The van der Waals surface area contributed by atoms with Gasteiger partial charge < -0.3 is 14.2 Å². The lowest BCUT2D eigenvalue weighted by molar-refractivity contribution is -0.115. The molecule has 0 unspecified atom stereocenters. The van der Waals surface area contributed by atoms with E-state index in [1.54, 1.807) is 13.0 Å². The third kappa shape index (κ3) is 3.70. The standard InChI is InChI=1S/C16H18N4O3S/c1-4-22-11-5-6-12-13(8-11)18-16(17-12)24-10(3)15(21)19-14-7-9(2)20-23-14/h5-8,10H,4H2,1-3H3,(H,17,18)(H,19,21)/t10-/m0/s1. The van der Waals surface area contributed by atoms with Crippen molar-refractivity contribution in [1.82, 2.24) is 15.1 Å². The summed E-state index contributed by atoms with van der Waals surface area (Å²) in [7, 11) is 0. The van der Waals surface area contributed by atoms with Crippen LogP contribution in [0.2, 0.25) is 0 Å². The Kier molecular flexibility index (Phi) is 4.75. The molecule has 3 rings (SSSR count). The molecule has 2 heterocycles. The number of H-pyrrole nitrogens is 1. The molecular weight excluding hydrogens is 328 g/mol. The van der Waals surface area contributed by atoms with Crippen LogP contribution in [0.5, 0.6) is 5.75 Å². The van der Waals surface area contributed by atoms with E-state index in [1.165, 1.54) is 11.8 Å². The zero-order valence-corrected chi connectivity index (χ0v) is 14.4. The number of fused-ring (bicyclic) bond motifs is 1. The number of hydrogen-bond donors (Lipinski definition) is 2. The summed E-state index contributed by atoms with van der Waals surface area (Å²) in [5.74, 6) is 0.958. The van der Waals surface area contributed by atoms with Crippen LogP contribution in [0.25, 0.3) is 11.0 Å². The van der Waals surface area contributed by atoms with Gasteiger partial charge in [0, 0.05) is 12.1 Å². The fraction of sp³-hybridized carbons (Fsp3) is 0.312. The van der Waals surface area contributed by atoms with Gasteiger partial charge in [0.05, 0.1) is 28.6 Å². The van der Waals surface area contributed by atoms with Crippen LogP contribution >= 0.6 is 11.8 Å². The predicted molar refractivity (Wildman–Crippen MR) is 92.5 cm³/mol. The third-order valence-electron chi connectivity index (χ3n) is 3.27. The molecule has 0 aliphatic heterocycles. The molecule has 3 aromatic rings. The second kappa shape index (κ2) is 6.96. The SMILES string of the molecule is CCOc1ccc2nc(S[C@@H](C)C(=O)Nc3cc(C)no3)[nH]c2c1. The van der Waals surface area contributed by atoms with Gasteiger partial charge in [-0.1, -0.05) is 16.9 Å². The number of amides is 1. The van der Waals surface area contributed by atoms with Gasteiger partial charge in [0.15, 0.2) is 5.16 Å². The van der Waals surface area contributed by atoms with E-state index in [1.807, 2.05) is 32.0 Å². The number of nitrogens with one attached hydrogen (secondary N) is 2. The highest BCUT2D eigenvalue weighted by Gasteiger charge is 2.18. The van der Waals surface area contributed by atoms with Crippen LogP contribution in [-0.2, 0) is 4.79 Å². The Morgan fingerprint density at radius 2 is 2.29 bits per heavy atom. The van der Waals surface area contributed by atoms with E-state index in [0.29, 0.717) is 23.3 Å². The monoisotopic (exact) mass is 346 g/mol. The summed E-state index contributed by atoms with van der Waals surface area (Å²) in [6, 6.07) is 7.34. The highest BCUT2D eigenvalue weighted by atomic mass is 32.2. The highest BCUT2D eigenvalue weighted by molar-refractivity contribution is 8.00. The lowest BCUT2D eigenvalue weighted by Gasteiger charge is -2.07. The average molecular weight is 346 g/mol. The first-order valence-corrected chi connectivity index (χ1v) is 8.46. The summed E-state index contributed by atoms with van der Waals surface area (Å²) in [5, 5.41) is 6.76. The number of thioether (sulfide) groups is 1. The largest absolute Gasteiger partial charge is 0.494 e. The van der Waals surface area contributed by atoms with Crippen molar-refractivity contribution in [3.05, 3.63) is 30.0 Å². The van der Waals surface area contributed by atoms with Crippen LogP contribution < -0.4 is 10.1 Å². The smallest absolute Gasteiger partial charge is 0.240 e. The van der Waals surface area contributed by atoms with E-state index >= 15 is 0 Å². The number of benzene rings is 1. The maximum atomic E-state index is 12.2. The van der Waals surface area contributed by atoms with Crippen molar-refractivity contribution in [3.8, 4) is 5.75 Å². The van der Waals surface area contributed by atoms with Gasteiger partial charge in [0.1, 0.15) is 5.75 Å². The number of hydrogen-bond acceptors (Lipinski definition) is 6. The molecule has 24 heavy (non-hydrogen) atoms. The van der Waals surface area contributed by atoms with Crippen molar-refractivity contribution in [3.63, 3.8) is 0 Å². The molecule has 2 aromatic heterocycles. The van der Waals surface area contributed by atoms with Crippen molar-refractivity contribution in [1.29, 1.82) is 0 Å². The van der Waals surface area contributed by atoms with Gasteiger partial charge >= 0.3 is 0 Å². The molecule has 0 spiro atoms. The van der Waals surface area contributed by atoms with Crippen LogP contribution in [-0.4, -0.2) is 32.9 Å². The zero-order chi connectivity index (χ0) is 17.1. The van der Waals surface area contributed by atoms with Crippen LogP contribution in [0.15, 0.2) is 33.9 Å². The van der Waals surface area contributed by atoms with E-state index in [2.05, 4.69) is 20.4 Å². The fourth-order valence-electron chi connectivity index (χ4n) is 2.14.